The fraction of sp³-hybridized carbons (Fsp3) is 0.500. The SMILES string of the molecule is CCCCc1nc2cccnc2n1CC. The van der Waals surface area contributed by atoms with Crippen LogP contribution in [-0.2, 0) is 13.0 Å². The van der Waals surface area contributed by atoms with Crippen LogP contribution in [0.2, 0.25) is 0 Å². The highest BCUT2D eigenvalue weighted by molar-refractivity contribution is 5.71. The first-order valence-corrected chi connectivity index (χ1v) is 5.67. The second-order valence-corrected chi connectivity index (χ2v) is 3.72. The molecule has 0 amide bonds. The molecule has 3 heteroatoms. The minimum atomic E-state index is 0.951. The van der Waals surface area contributed by atoms with Gasteiger partial charge < -0.3 is 4.57 Å². The number of imidazole rings is 1. The monoisotopic (exact) mass is 203 g/mol. The Balaban J connectivity index is 2.44. The van der Waals surface area contributed by atoms with Gasteiger partial charge in [0.1, 0.15) is 11.3 Å². The molecule has 0 aromatic carbocycles. The van der Waals surface area contributed by atoms with E-state index in [0.29, 0.717) is 0 Å². The van der Waals surface area contributed by atoms with Gasteiger partial charge in [0.2, 0.25) is 0 Å². The number of hydrogen-bond donors (Lipinski definition) is 0. The number of unbranched alkanes of at least 4 members (excludes halogenated alkanes) is 1. The predicted octanol–water partition coefficient (Wildman–Crippen LogP) is 2.79. The number of rotatable bonds is 4. The molecule has 15 heavy (non-hydrogen) atoms. The molecule has 0 aliphatic rings. The van der Waals surface area contributed by atoms with E-state index < -0.39 is 0 Å². The smallest absolute Gasteiger partial charge is 0.159 e. The standard InChI is InChI=1S/C12H17N3/c1-3-5-8-11-14-10-7-6-9-13-12(10)15(11)4-2/h6-7,9H,3-5,8H2,1-2H3. The fourth-order valence-electron chi connectivity index (χ4n) is 1.86. The Hall–Kier alpha value is -1.38. The van der Waals surface area contributed by atoms with Gasteiger partial charge in [-0.05, 0) is 25.5 Å². The van der Waals surface area contributed by atoms with Crippen molar-refractivity contribution < 1.29 is 0 Å². The second kappa shape index (κ2) is 4.43. The van der Waals surface area contributed by atoms with Crippen molar-refractivity contribution in [2.45, 2.75) is 39.7 Å². The first-order chi connectivity index (χ1) is 7.36. The van der Waals surface area contributed by atoms with Gasteiger partial charge in [-0.25, -0.2) is 9.97 Å². The van der Waals surface area contributed by atoms with Crippen LogP contribution in [0.3, 0.4) is 0 Å². The van der Waals surface area contributed by atoms with Crippen molar-refractivity contribution >= 4 is 11.2 Å². The van der Waals surface area contributed by atoms with Crippen molar-refractivity contribution in [3.8, 4) is 0 Å². The van der Waals surface area contributed by atoms with E-state index in [1.807, 2.05) is 18.3 Å². The first kappa shape index (κ1) is 10.1. The Kier molecular flexibility index (Phi) is 2.99. The predicted molar refractivity (Wildman–Crippen MR) is 61.8 cm³/mol. The molecule has 0 fully saturated rings. The average molecular weight is 203 g/mol. The highest BCUT2D eigenvalue weighted by atomic mass is 15.1. The van der Waals surface area contributed by atoms with E-state index in [1.54, 1.807) is 0 Å². The molecular weight excluding hydrogens is 186 g/mol. The lowest BCUT2D eigenvalue weighted by molar-refractivity contribution is 0.671. The van der Waals surface area contributed by atoms with Gasteiger partial charge in [0.15, 0.2) is 5.65 Å². The number of hydrogen-bond acceptors (Lipinski definition) is 2. The largest absolute Gasteiger partial charge is 0.313 e. The van der Waals surface area contributed by atoms with Crippen molar-refractivity contribution in [3.05, 3.63) is 24.2 Å². The Morgan fingerprint density at radius 1 is 1.33 bits per heavy atom. The maximum absolute atomic E-state index is 4.62. The maximum Gasteiger partial charge on any atom is 0.159 e. The van der Waals surface area contributed by atoms with Crippen molar-refractivity contribution in [2.75, 3.05) is 0 Å². The summed E-state index contributed by atoms with van der Waals surface area (Å²) in [5.74, 6) is 1.17. The number of pyridine rings is 1. The molecule has 2 rings (SSSR count). The molecule has 0 spiro atoms. The average Bonchev–Trinajstić information content (AvgIpc) is 2.63. The first-order valence-electron chi connectivity index (χ1n) is 5.67. The Labute approximate surface area is 90.2 Å². The van der Waals surface area contributed by atoms with Gasteiger partial charge in [0, 0.05) is 19.2 Å². The molecule has 3 nitrogen and oxygen atoms in total. The molecule has 0 aliphatic carbocycles. The molecule has 0 bridgehead atoms. The van der Waals surface area contributed by atoms with Crippen LogP contribution < -0.4 is 0 Å². The molecule has 0 saturated carbocycles. The Bertz CT molecular complexity index is 445. The normalized spacial score (nSPS) is 11.1. The molecule has 0 N–H and O–H groups in total. The summed E-state index contributed by atoms with van der Waals surface area (Å²) in [4.78, 5) is 9.00. The summed E-state index contributed by atoms with van der Waals surface area (Å²) in [6.45, 7) is 5.30. The van der Waals surface area contributed by atoms with E-state index in [0.717, 1.165) is 24.1 Å². The van der Waals surface area contributed by atoms with E-state index in [4.69, 9.17) is 0 Å². The van der Waals surface area contributed by atoms with Gasteiger partial charge in [-0.15, -0.1) is 0 Å². The van der Waals surface area contributed by atoms with E-state index in [-0.39, 0.29) is 0 Å². The van der Waals surface area contributed by atoms with Gasteiger partial charge >= 0.3 is 0 Å². The summed E-state index contributed by atoms with van der Waals surface area (Å²) in [5, 5.41) is 0. The molecule has 2 aromatic rings. The van der Waals surface area contributed by atoms with Crippen LogP contribution in [0.15, 0.2) is 18.3 Å². The molecule has 0 saturated heterocycles. The molecule has 80 valence electrons. The molecule has 2 heterocycles. The van der Waals surface area contributed by atoms with E-state index >= 15 is 0 Å². The van der Waals surface area contributed by atoms with E-state index in [9.17, 15) is 0 Å². The fourth-order valence-corrected chi connectivity index (χ4v) is 1.86. The van der Waals surface area contributed by atoms with Gasteiger partial charge in [0.25, 0.3) is 0 Å². The summed E-state index contributed by atoms with van der Waals surface area (Å²) in [5.41, 5.74) is 2.04. The van der Waals surface area contributed by atoms with Crippen LogP contribution in [0.4, 0.5) is 0 Å². The number of aryl methyl sites for hydroxylation is 2. The lowest BCUT2D eigenvalue weighted by atomic mass is 10.2. The highest BCUT2D eigenvalue weighted by Gasteiger charge is 2.08. The van der Waals surface area contributed by atoms with E-state index in [1.165, 1.54) is 18.7 Å². The zero-order valence-corrected chi connectivity index (χ0v) is 9.40. The summed E-state index contributed by atoms with van der Waals surface area (Å²) in [6, 6.07) is 3.98. The summed E-state index contributed by atoms with van der Waals surface area (Å²) in [7, 11) is 0. The van der Waals surface area contributed by atoms with E-state index in [2.05, 4.69) is 28.4 Å². The van der Waals surface area contributed by atoms with Crippen LogP contribution in [0.5, 0.6) is 0 Å². The molecular formula is C12H17N3. The Morgan fingerprint density at radius 3 is 2.93 bits per heavy atom. The number of fused-ring (bicyclic) bond motifs is 1. The van der Waals surface area contributed by atoms with Crippen LogP contribution in [0.1, 0.15) is 32.5 Å². The minimum absolute atomic E-state index is 0.951. The van der Waals surface area contributed by atoms with Gasteiger partial charge in [-0.3, -0.25) is 0 Å². The van der Waals surface area contributed by atoms with Gasteiger partial charge in [-0.1, -0.05) is 13.3 Å². The van der Waals surface area contributed by atoms with Crippen molar-refractivity contribution in [3.63, 3.8) is 0 Å². The Morgan fingerprint density at radius 2 is 2.20 bits per heavy atom. The molecule has 0 atom stereocenters. The topological polar surface area (TPSA) is 30.7 Å². The third-order valence-electron chi connectivity index (χ3n) is 2.65. The lowest BCUT2D eigenvalue weighted by Crippen LogP contribution is -2.02. The third kappa shape index (κ3) is 1.87. The van der Waals surface area contributed by atoms with Crippen molar-refractivity contribution in [2.24, 2.45) is 0 Å². The summed E-state index contributed by atoms with van der Waals surface area (Å²) < 4.78 is 2.21. The van der Waals surface area contributed by atoms with Crippen LogP contribution in [0.25, 0.3) is 11.2 Å². The molecule has 2 aromatic heterocycles. The maximum atomic E-state index is 4.62. The summed E-state index contributed by atoms with van der Waals surface area (Å²) in [6.07, 6.45) is 5.30. The quantitative estimate of drug-likeness (QED) is 0.765. The van der Waals surface area contributed by atoms with Crippen LogP contribution >= 0.6 is 0 Å². The molecule has 0 unspecified atom stereocenters. The summed E-state index contributed by atoms with van der Waals surface area (Å²) >= 11 is 0. The lowest BCUT2D eigenvalue weighted by Gasteiger charge is -2.03. The highest BCUT2D eigenvalue weighted by Crippen LogP contribution is 2.14. The number of aromatic nitrogens is 3. The molecule has 0 radical (unpaired) electrons. The minimum Gasteiger partial charge on any atom is -0.313 e. The van der Waals surface area contributed by atoms with Crippen molar-refractivity contribution in [1.29, 1.82) is 0 Å². The van der Waals surface area contributed by atoms with Gasteiger partial charge in [-0.2, -0.15) is 0 Å². The zero-order valence-electron chi connectivity index (χ0n) is 9.40. The second-order valence-electron chi connectivity index (χ2n) is 3.72. The zero-order chi connectivity index (χ0) is 10.7. The van der Waals surface area contributed by atoms with Crippen LogP contribution in [0, 0.1) is 0 Å². The molecule has 0 aliphatic heterocycles. The third-order valence-corrected chi connectivity index (χ3v) is 2.65. The number of nitrogens with zero attached hydrogens (tertiary/aromatic N) is 3. The van der Waals surface area contributed by atoms with Crippen LogP contribution in [-0.4, -0.2) is 14.5 Å². The van der Waals surface area contributed by atoms with Gasteiger partial charge in [0.05, 0.1) is 0 Å². The van der Waals surface area contributed by atoms with Crippen molar-refractivity contribution in [1.82, 2.24) is 14.5 Å².